The number of benzene rings is 1. The number of carbonyl (C=O) groups is 1. The molecule has 1 N–H and O–H groups in total. The van der Waals surface area contributed by atoms with Crippen LogP contribution in [0.1, 0.15) is 20.1 Å². The summed E-state index contributed by atoms with van der Waals surface area (Å²) in [6.07, 6.45) is 0. The largest absolute Gasteiger partial charge is 0.495 e. The molecule has 0 fully saturated rings. The first kappa shape index (κ1) is 16.5. The number of carbonyl (C=O) groups excluding carboxylic acids is 1. The van der Waals surface area contributed by atoms with Gasteiger partial charge in [0.2, 0.25) is 0 Å². The molecule has 2 aromatic rings. The molecule has 22 heavy (non-hydrogen) atoms. The van der Waals surface area contributed by atoms with Crippen molar-refractivity contribution in [2.24, 2.45) is 0 Å². The third kappa shape index (κ3) is 3.84. The second kappa shape index (κ2) is 6.89. The van der Waals surface area contributed by atoms with Crippen LogP contribution in [0.15, 0.2) is 24.3 Å². The van der Waals surface area contributed by atoms with Gasteiger partial charge in [0.25, 0.3) is 5.91 Å². The van der Waals surface area contributed by atoms with Crippen molar-refractivity contribution in [3.63, 3.8) is 0 Å². The average Bonchev–Trinajstić information content (AvgIpc) is 2.83. The lowest BCUT2D eigenvalue weighted by Gasteiger charge is -2.12. The van der Waals surface area contributed by atoms with E-state index in [-0.39, 0.29) is 11.7 Å². The summed E-state index contributed by atoms with van der Waals surface area (Å²) in [5.74, 6) is -0.0970. The van der Waals surface area contributed by atoms with Crippen LogP contribution < -0.4 is 10.1 Å². The van der Waals surface area contributed by atoms with Gasteiger partial charge in [-0.3, -0.25) is 4.79 Å². The van der Waals surface area contributed by atoms with E-state index in [1.165, 1.54) is 24.5 Å². The summed E-state index contributed by atoms with van der Waals surface area (Å²) in [5, 5.41) is 2.71. The number of anilines is 1. The van der Waals surface area contributed by atoms with E-state index in [1.54, 1.807) is 18.2 Å². The Kier molecular flexibility index (Phi) is 5.15. The van der Waals surface area contributed by atoms with Crippen LogP contribution in [0.5, 0.6) is 5.75 Å². The molecule has 4 nitrogen and oxygen atoms in total. The molecule has 0 bridgehead atoms. The maximum atomic E-state index is 14.0. The molecule has 0 spiro atoms. The summed E-state index contributed by atoms with van der Waals surface area (Å²) >= 11 is 1.34. The number of nitrogens with zero attached hydrogens (tertiary/aromatic N) is 1. The monoisotopic (exact) mass is 322 g/mol. The minimum atomic E-state index is -0.333. The van der Waals surface area contributed by atoms with Gasteiger partial charge in [0.15, 0.2) is 0 Å². The Balaban J connectivity index is 2.16. The Labute approximate surface area is 133 Å². The molecular weight excluding hydrogens is 303 g/mol. The fraction of sp³-hybridized carbons (Fsp3) is 0.312. The Morgan fingerprint density at radius 3 is 2.68 bits per heavy atom. The summed E-state index contributed by atoms with van der Waals surface area (Å²) in [7, 11) is 5.27. The van der Waals surface area contributed by atoms with E-state index in [1.807, 2.05) is 25.9 Å². The summed E-state index contributed by atoms with van der Waals surface area (Å²) in [6.45, 7) is 2.41. The second-order valence-electron chi connectivity index (χ2n) is 5.25. The van der Waals surface area contributed by atoms with Crippen molar-refractivity contribution in [3.8, 4) is 5.75 Å². The molecule has 0 aliphatic heterocycles. The number of amides is 1. The van der Waals surface area contributed by atoms with Gasteiger partial charge in [0, 0.05) is 22.7 Å². The van der Waals surface area contributed by atoms with E-state index >= 15 is 0 Å². The lowest BCUT2D eigenvalue weighted by atomic mass is 10.2. The number of thiophene rings is 1. The van der Waals surface area contributed by atoms with E-state index in [2.05, 4.69) is 5.32 Å². The van der Waals surface area contributed by atoms with E-state index in [0.717, 1.165) is 4.88 Å². The van der Waals surface area contributed by atoms with Gasteiger partial charge in [-0.2, -0.15) is 0 Å². The molecule has 0 aliphatic rings. The van der Waals surface area contributed by atoms with Crippen LogP contribution in [-0.2, 0) is 6.54 Å². The number of hydrogen-bond donors (Lipinski definition) is 1. The molecule has 0 atom stereocenters. The lowest BCUT2D eigenvalue weighted by molar-refractivity contribution is 0.102. The number of nitrogens with one attached hydrogen (secondary N) is 1. The molecule has 0 unspecified atom stereocenters. The zero-order chi connectivity index (χ0) is 16.3. The first-order valence-electron chi connectivity index (χ1n) is 6.79. The van der Waals surface area contributed by atoms with Gasteiger partial charge in [-0.1, -0.05) is 6.07 Å². The molecule has 1 aromatic carbocycles. The van der Waals surface area contributed by atoms with Crippen LogP contribution in [0.25, 0.3) is 0 Å². The Hall–Kier alpha value is -1.92. The predicted octanol–water partition coefficient (Wildman–Crippen LogP) is 3.52. The number of methoxy groups -OCH3 is 1. The molecule has 0 aliphatic carbocycles. The molecule has 1 aromatic heterocycles. The smallest absolute Gasteiger partial charge is 0.269 e. The number of ether oxygens (including phenoxy) is 1. The van der Waals surface area contributed by atoms with Crippen LogP contribution in [0.3, 0.4) is 0 Å². The minimum absolute atomic E-state index is 0.297. The highest BCUT2D eigenvalue weighted by Crippen LogP contribution is 2.29. The topological polar surface area (TPSA) is 41.6 Å². The summed E-state index contributed by atoms with van der Waals surface area (Å²) in [4.78, 5) is 15.6. The molecule has 2 rings (SSSR count). The standard InChI is InChI=1S/C16H19FN2O2S/c1-10-7-14(21-4)15(22-10)16(20)18-12-6-5-11(9-19(2)3)13(17)8-12/h5-8H,9H2,1-4H3,(H,18,20). The van der Waals surface area contributed by atoms with Crippen molar-refractivity contribution in [1.29, 1.82) is 0 Å². The van der Waals surface area contributed by atoms with Gasteiger partial charge in [0.05, 0.1) is 7.11 Å². The van der Waals surface area contributed by atoms with Crippen molar-refractivity contribution < 1.29 is 13.9 Å². The molecule has 6 heteroatoms. The predicted molar refractivity (Wildman–Crippen MR) is 87.4 cm³/mol. The molecule has 0 radical (unpaired) electrons. The van der Waals surface area contributed by atoms with Crippen molar-refractivity contribution >= 4 is 22.9 Å². The van der Waals surface area contributed by atoms with Gasteiger partial charge < -0.3 is 15.0 Å². The maximum absolute atomic E-state index is 14.0. The van der Waals surface area contributed by atoms with E-state index in [0.29, 0.717) is 28.4 Å². The van der Waals surface area contributed by atoms with Gasteiger partial charge in [-0.15, -0.1) is 11.3 Å². The number of aryl methyl sites for hydroxylation is 1. The van der Waals surface area contributed by atoms with E-state index in [9.17, 15) is 9.18 Å². The van der Waals surface area contributed by atoms with Gasteiger partial charge in [-0.25, -0.2) is 4.39 Å². The van der Waals surface area contributed by atoms with E-state index in [4.69, 9.17) is 4.74 Å². The minimum Gasteiger partial charge on any atom is -0.495 e. The average molecular weight is 322 g/mol. The van der Waals surface area contributed by atoms with Crippen LogP contribution in [0.4, 0.5) is 10.1 Å². The zero-order valence-electron chi connectivity index (χ0n) is 13.1. The first-order chi connectivity index (χ1) is 10.4. The van der Waals surface area contributed by atoms with Crippen LogP contribution in [0.2, 0.25) is 0 Å². The lowest BCUT2D eigenvalue weighted by Crippen LogP contribution is -2.14. The van der Waals surface area contributed by atoms with E-state index < -0.39 is 0 Å². The van der Waals surface area contributed by atoms with Crippen molar-refractivity contribution in [3.05, 3.63) is 45.4 Å². The fourth-order valence-electron chi connectivity index (χ4n) is 2.08. The molecule has 0 saturated heterocycles. The second-order valence-corrected chi connectivity index (χ2v) is 6.51. The van der Waals surface area contributed by atoms with Crippen LogP contribution >= 0.6 is 11.3 Å². The normalized spacial score (nSPS) is 10.8. The van der Waals surface area contributed by atoms with Crippen LogP contribution in [0, 0.1) is 12.7 Å². The first-order valence-corrected chi connectivity index (χ1v) is 7.61. The van der Waals surface area contributed by atoms with Gasteiger partial charge in [0.1, 0.15) is 16.4 Å². The highest BCUT2D eigenvalue weighted by Gasteiger charge is 2.16. The highest BCUT2D eigenvalue weighted by atomic mass is 32.1. The van der Waals surface area contributed by atoms with Crippen LogP contribution in [-0.4, -0.2) is 32.0 Å². The van der Waals surface area contributed by atoms with Crippen molar-refractivity contribution in [1.82, 2.24) is 4.90 Å². The summed E-state index contributed by atoms with van der Waals surface area (Å²) in [6, 6.07) is 6.53. The molecular formula is C16H19FN2O2S. The van der Waals surface area contributed by atoms with Crippen molar-refractivity contribution in [2.75, 3.05) is 26.5 Å². The number of hydrogen-bond acceptors (Lipinski definition) is 4. The molecule has 118 valence electrons. The number of rotatable bonds is 5. The quantitative estimate of drug-likeness (QED) is 0.916. The van der Waals surface area contributed by atoms with Crippen molar-refractivity contribution in [2.45, 2.75) is 13.5 Å². The summed E-state index contributed by atoms with van der Waals surface area (Å²) < 4.78 is 19.2. The molecule has 0 saturated carbocycles. The SMILES string of the molecule is COc1cc(C)sc1C(=O)Nc1ccc(CN(C)C)c(F)c1. The fourth-order valence-corrected chi connectivity index (χ4v) is 2.96. The Bertz CT molecular complexity index is 683. The highest BCUT2D eigenvalue weighted by molar-refractivity contribution is 7.14. The van der Waals surface area contributed by atoms with Gasteiger partial charge in [-0.05, 0) is 39.2 Å². The Morgan fingerprint density at radius 2 is 2.09 bits per heavy atom. The molecule has 1 amide bonds. The van der Waals surface area contributed by atoms with Gasteiger partial charge >= 0.3 is 0 Å². The Morgan fingerprint density at radius 1 is 1.36 bits per heavy atom. The summed E-state index contributed by atoms with van der Waals surface area (Å²) in [5.41, 5.74) is 1.02. The third-order valence-corrected chi connectivity index (χ3v) is 4.08. The zero-order valence-corrected chi connectivity index (χ0v) is 13.9. The maximum Gasteiger partial charge on any atom is 0.269 e. The number of halogens is 1. The third-order valence-electron chi connectivity index (χ3n) is 3.04. The molecule has 1 heterocycles.